The highest BCUT2D eigenvalue weighted by molar-refractivity contribution is 7.12. The lowest BCUT2D eigenvalue weighted by Crippen LogP contribution is -2.66. The molecule has 0 radical (unpaired) electrons. The summed E-state index contributed by atoms with van der Waals surface area (Å²) in [6, 6.07) is 3.25. The molecule has 31 heavy (non-hydrogen) atoms. The fourth-order valence-corrected chi connectivity index (χ4v) is 3.58. The number of esters is 4. The topological polar surface area (TPSA) is 144 Å². The zero-order valence-electron chi connectivity index (χ0n) is 17.3. The quantitative estimate of drug-likeness (QED) is 0.455. The van der Waals surface area contributed by atoms with Crippen LogP contribution < -0.4 is 5.32 Å². The van der Waals surface area contributed by atoms with E-state index in [0.29, 0.717) is 4.88 Å². The minimum Gasteiger partial charge on any atom is -0.463 e. The molecule has 1 fully saturated rings. The fourth-order valence-electron chi connectivity index (χ4n) is 2.95. The Labute approximate surface area is 181 Å². The second-order valence-corrected chi connectivity index (χ2v) is 7.52. The molecule has 0 saturated carbocycles. The molecular formula is C19H23NO10S. The Balaban J connectivity index is 2.41. The van der Waals surface area contributed by atoms with Gasteiger partial charge in [-0.2, -0.15) is 0 Å². The first-order valence-corrected chi connectivity index (χ1v) is 10.1. The standard InChI is InChI=1S/C19H23NO10S/c1-9(21)26-8-13-15(27-10(2)22)16(28-11(3)23)17(29-12(4)24)19(30-13)20-18(25)14-6-5-7-31-14/h5-7,13,15-17,19H,8H2,1-4H3,(H,20,25)/t13-,15-,16+,17+,19-/m1/s1. The molecule has 11 nitrogen and oxygen atoms in total. The minimum atomic E-state index is -1.34. The normalized spacial score (nSPS) is 25.1. The van der Waals surface area contributed by atoms with E-state index in [9.17, 15) is 24.0 Å². The summed E-state index contributed by atoms with van der Waals surface area (Å²) in [5, 5.41) is 4.27. The number of hydrogen-bond acceptors (Lipinski definition) is 11. The number of carbonyl (C=O) groups excluding carboxylic acids is 5. The molecule has 0 bridgehead atoms. The molecule has 1 aromatic heterocycles. The van der Waals surface area contributed by atoms with Crippen molar-refractivity contribution in [1.29, 1.82) is 0 Å². The van der Waals surface area contributed by atoms with Crippen LogP contribution in [-0.2, 0) is 42.9 Å². The molecule has 0 aromatic carbocycles. The fraction of sp³-hybridized carbons (Fsp3) is 0.526. The van der Waals surface area contributed by atoms with Gasteiger partial charge >= 0.3 is 23.9 Å². The van der Waals surface area contributed by atoms with Gasteiger partial charge in [-0.3, -0.25) is 24.0 Å². The van der Waals surface area contributed by atoms with Gasteiger partial charge in [-0.1, -0.05) is 6.07 Å². The number of hydrogen-bond donors (Lipinski definition) is 1. The number of carbonyl (C=O) groups is 5. The van der Waals surface area contributed by atoms with Gasteiger partial charge in [0.05, 0.1) is 4.88 Å². The van der Waals surface area contributed by atoms with E-state index in [1.54, 1.807) is 17.5 Å². The Kier molecular flexibility index (Phi) is 8.51. The predicted octanol–water partition coefficient (Wildman–Crippen LogP) is 0.561. The monoisotopic (exact) mass is 457 g/mol. The Hall–Kier alpha value is -2.99. The minimum absolute atomic E-state index is 0.354. The number of nitrogens with one attached hydrogen (secondary N) is 1. The summed E-state index contributed by atoms with van der Waals surface area (Å²) < 4.78 is 26.6. The largest absolute Gasteiger partial charge is 0.463 e. The van der Waals surface area contributed by atoms with Crippen LogP contribution in [0.3, 0.4) is 0 Å². The van der Waals surface area contributed by atoms with Gasteiger partial charge in [0.15, 0.2) is 24.5 Å². The Morgan fingerprint density at radius 2 is 1.48 bits per heavy atom. The van der Waals surface area contributed by atoms with Crippen molar-refractivity contribution in [3.63, 3.8) is 0 Å². The molecule has 12 heteroatoms. The first kappa shape index (κ1) is 24.3. The van der Waals surface area contributed by atoms with Gasteiger partial charge < -0.3 is 29.0 Å². The summed E-state index contributed by atoms with van der Waals surface area (Å²) in [7, 11) is 0. The summed E-state index contributed by atoms with van der Waals surface area (Å²) in [5.74, 6) is -3.40. The van der Waals surface area contributed by atoms with Crippen LogP contribution in [0.1, 0.15) is 37.4 Å². The van der Waals surface area contributed by atoms with Gasteiger partial charge in [0.2, 0.25) is 0 Å². The highest BCUT2D eigenvalue weighted by atomic mass is 32.1. The molecule has 1 amide bonds. The smallest absolute Gasteiger partial charge is 0.303 e. The second kappa shape index (κ2) is 10.9. The maximum absolute atomic E-state index is 12.6. The van der Waals surface area contributed by atoms with Crippen molar-refractivity contribution in [2.75, 3.05) is 6.61 Å². The van der Waals surface area contributed by atoms with Gasteiger partial charge in [0.25, 0.3) is 5.91 Å². The molecule has 1 N–H and O–H groups in total. The van der Waals surface area contributed by atoms with Crippen LogP contribution in [0.15, 0.2) is 17.5 Å². The molecule has 2 heterocycles. The van der Waals surface area contributed by atoms with E-state index in [2.05, 4.69) is 5.32 Å². The average Bonchev–Trinajstić information content (AvgIpc) is 3.18. The zero-order valence-corrected chi connectivity index (χ0v) is 18.1. The van der Waals surface area contributed by atoms with Crippen molar-refractivity contribution >= 4 is 41.1 Å². The lowest BCUT2D eigenvalue weighted by molar-refractivity contribution is -0.255. The highest BCUT2D eigenvalue weighted by Crippen LogP contribution is 2.28. The van der Waals surface area contributed by atoms with Crippen LogP contribution in [0.4, 0.5) is 0 Å². The van der Waals surface area contributed by atoms with Crippen molar-refractivity contribution in [3.05, 3.63) is 22.4 Å². The molecule has 5 atom stereocenters. The van der Waals surface area contributed by atoms with Crippen LogP contribution in [-0.4, -0.2) is 67.0 Å². The van der Waals surface area contributed by atoms with Crippen molar-refractivity contribution < 1.29 is 47.7 Å². The highest BCUT2D eigenvalue weighted by Gasteiger charge is 2.52. The van der Waals surface area contributed by atoms with Crippen LogP contribution in [0, 0.1) is 0 Å². The average molecular weight is 457 g/mol. The van der Waals surface area contributed by atoms with E-state index in [4.69, 9.17) is 23.7 Å². The first-order valence-electron chi connectivity index (χ1n) is 9.23. The number of thiophene rings is 1. The van der Waals surface area contributed by atoms with Gasteiger partial charge in [-0.25, -0.2) is 0 Å². The van der Waals surface area contributed by atoms with Crippen LogP contribution >= 0.6 is 11.3 Å². The summed E-state index contributed by atoms with van der Waals surface area (Å²) >= 11 is 1.17. The molecule has 0 unspecified atom stereocenters. The van der Waals surface area contributed by atoms with E-state index < -0.39 is 60.4 Å². The molecule has 0 aliphatic carbocycles. The van der Waals surface area contributed by atoms with Crippen molar-refractivity contribution in [3.8, 4) is 0 Å². The SMILES string of the molecule is CC(=O)OC[C@H]1O[C@@H](NC(=O)c2cccs2)[C@@H](OC(C)=O)[C@@H](OC(C)=O)[C@@H]1OC(C)=O. The zero-order chi connectivity index (χ0) is 23.1. The van der Waals surface area contributed by atoms with Crippen molar-refractivity contribution in [2.45, 2.75) is 58.3 Å². The molecule has 170 valence electrons. The van der Waals surface area contributed by atoms with Crippen LogP contribution in [0.2, 0.25) is 0 Å². The number of rotatable bonds is 7. The number of amides is 1. The van der Waals surface area contributed by atoms with Gasteiger partial charge in [-0.05, 0) is 11.4 Å². The van der Waals surface area contributed by atoms with E-state index >= 15 is 0 Å². The van der Waals surface area contributed by atoms with Crippen molar-refractivity contribution in [1.82, 2.24) is 5.32 Å². The summed E-state index contributed by atoms with van der Waals surface area (Å²) in [6.07, 6.45) is -6.38. The van der Waals surface area contributed by atoms with E-state index in [1.807, 2.05) is 0 Å². The molecule has 1 aromatic rings. The molecular weight excluding hydrogens is 434 g/mol. The number of ether oxygens (including phenoxy) is 5. The maximum Gasteiger partial charge on any atom is 0.303 e. The van der Waals surface area contributed by atoms with Gasteiger partial charge in [0, 0.05) is 27.7 Å². The molecule has 0 spiro atoms. The third-order valence-electron chi connectivity index (χ3n) is 4.01. The van der Waals surface area contributed by atoms with E-state index in [-0.39, 0.29) is 6.61 Å². The maximum atomic E-state index is 12.6. The van der Waals surface area contributed by atoms with Crippen molar-refractivity contribution in [2.24, 2.45) is 0 Å². The van der Waals surface area contributed by atoms with E-state index in [1.165, 1.54) is 18.3 Å². The molecule has 1 saturated heterocycles. The lowest BCUT2D eigenvalue weighted by Gasteiger charge is -2.44. The third-order valence-corrected chi connectivity index (χ3v) is 4.88. The Bertz CT molecular complexity index is 824. The first-order chi connectivity index (χ1) is 14.6. The second-order valence-electron chi connectivity index (χ2n) is 6.57. The molecule has 2 rings (SSSR count). The summed E-state index contributed by atoms with van der Waals surface area (Å²) in [6.45, 7) is 4.16. The Morgan fingerprint density at radius 3 is 2.00 bits per heavy atom. The predicted molar refractivity (Wildman–Crippen MR) is 104 cm³/mol. The summed E-state index contributed by atoms with van der Waals surface area (Å²) in [5.41, 5.74) is 0. The lowest BCUT2D eigenvalue weighted by atomic mass is 9.97. The third kappa shape index (κ3) is 7.03. The Morgan fingerprint density at radius 1 is 0.903 bits per heavy atom. The van der Waals surface area contributed by atoms with E-state index in [0.717, 1.165) is 20.8 Å². The van der Waals surface area contributed by atoms with Gasteiger partial charge in [-0.15, -0.1) is 11.3 Å². The van der Waals surface area contributed by atoms with Crippen LogP contribution in [0.5, 0.6) is 0 Å². The van der Waals surface area contributed by atoms with Crippen LogP contribution in [0.25, 0.3) is 0 Å². The van der Waals surface area contributed by atoms with Gasteiger partial charge in [0.1, 0.15) is 12.7 Å². The molecule has 1 aliphatic rings. The molecule has 1 aliphatic heterocycles. The summed E-state index contributed by atoms with van der Waals surface area (Å²) in [4.78, 5) is 59.4.